The van der Waals surface area contributed by atoms with E-state index in [1.807, 2.05) is 54.3 Å². The van der Waals surface area contributed by atoms with Crippen LogP contribution in [0.5, 0.6) is 0 Å². The summed E-state index contributed by atoms with van der Waals surface area (Å²) in [5, 5.41) is 31.2. The maximum absolute atomic E-state index is 12.6. The number of aryl methyl sites for hydroxylation is 2. The van der Waals surface area contributed by atoms with Crippen molar-refractivity contribution in [3.8, 4) is 0 Å². The molecule has 4 aliphatic heterocycles. The molecule has 107 heavy (non-hydrogen) atoms. The minimum Gasteiger partial charge on any atom is -0.469 e. The first-order valence-corrected chi connectivity index (χ1v) is 34.7. The molecule has 0 saturated carbocycles. The zero-order valence-corrected chi connectivity index (χ0v) is 61.9. The van der Waals surface area contributed by atoms with Crippen molar-refractivity contribution >= 4 is 117 Å². The lowest BCUT2D eigenvalue weighted by molar-refractivity contribution is -0.384. The highest BCUT2D eigenvalue weighted by atomic mass is 35.5. The fourth-order valence-electron chi connectivity index (χ4n) is 11.6. The number of nitro groups is 2. The minimum atomic E-state index is -0.630. The number of esters is 4. The number of aromatic nitrogens is 2. The predicted octanol–water partition coefficient (Wildman–Crippen LogP) is 11.2. The van der Waals surface area contributed by atoms with Crippen LogP contribution in [-0.2, 0) is 44.5 Å². The number of aldehydes is 4. The van der Waals surface area contributed by atoms with E-state index in [1.165, 1.54) is 58.3 Å². The first-order valence-electron chi connectivity index (χ1n) is 34.0. The molecule has 2 aromatic heterocycles. The number of Topliss-reactive ketones (excluding diaryl/α,β-unsaturated/α-hetero) is 1. The summed E-state index contributed by atoms with van der Waals surface area (Å²) >= 11 is 10.5. The molecule has 0 radical (unpaired) electrons. The van der Waals surface area contributed by atoms with Gasteiger partial charge in [-0.1, -0.05) is 52.2 Å². The van der Waals surface area contributed by atoms with Crippen LogP contribution in [0.4, 0.5) is 34.1 Å². The van der Waals surface area contributed by atoms with Gasteiger partial charge in [0.1, 0.15) is 53.1 Å². The van der Waals surface area contributed by atoms with Gasteiger partial charge >= 0.3 is 23.9 Å². The molecule has 32 heteroatoms. The average Bonchev–Trinajstić information content (AvgIpc) is 1.82. The van der Waals surface area contributed by atoms with E-state index >= 15 is 0 Å². The molecule has 1 atom stereocenters. The van der Waals surface area contributed by atoms with E-state index in [0.717, 1.165) is 87.4 Å². The van der Waals surface area contributed by atoms with E-state index in [2.05, 4.69) is 34.7 Å². The Balaban J connectivity index is 0.000000233. The van der Waals surface area contributed by atoms with Crippen LogP contribution in [0.25, 0.3) is 0 Å². The number of halogens is 2. The first kappa shape index (κ1) is 86.6. The lowest BCUT2D eigenvalue weighted by Gasteiger charge is -2.33. The Bertz CT molecular complexity index is 4140. The Labute approximate surface area is 627 Å². The highest BCUT2D eigenvalue weighted by Crippen LogP contribution is 2.34. The highest BCUT2D eigenvalue weighted by Gasteiger charge is 2.31. The summed E-state index contributed by atoms with van der Waals surface area (Å²) in [6, 6.07) is 32.2. The number of carbonyl (C=O) groups excluding carboxylic acids is 10. The molecule has 0 unspecified atom stereocenters. The van der Waals surface area contributed by atoms with Gasteiger partial charge < -0.3 is 59.5 Å². The Morgan fingerprint density at radius 2 is 0.916 bits per heavy atom. The number of nitro benzene ring substituents is 2. The predicted molar refractivity (Wildman–Crippen MR) is 398 cm³/mol. The number of anilines is 4. The van der Waals surface area contributed by atoms with Gasteiger partial charge in [-0.2, -0.15) is 0 Å². The molecule has 7 aromatic rings. The van der Waals surface area contributed by atoms with Gasteiger partial charge in [-0.3, -0.25) is 68.2 Å². The maximum atomic E-state index is 12.6. The third kappa shape index (κ3) is 27.4. The van der Waals surface area contributed by atoms with Gasteiger partial charge in [0.15, 0.2) is 11.5 Å². The molecule has 30 nitrogen and oxygen atoms in total. The number of hydrogen-bond donors (Lipinski definition) is 3. The molecule has 0 spiro atoms. The summed E-state index contributed by atoms with van der Waals surface area (Å²) in [7, 11) is 5.63. The van der Waals surface area contributed by atoms with Crippen molar-refractivity contribution in [1.82, 2.24) is 15.6 Å². The lowest BCUT2D eigenvalue weighted by atomic mass is 9.95. The lowest BCUT2D eigenvalue weighted by Crippen LogP contribution is -2.37. The molecule has 0 bridgehead atoms. The van der Waals surface area contributed by atoms with E-state index in [-0.39, 0.29) is 105 Å². The third-order valence-electron chi connectivity index (χ3n) is 17.5. The number of rotatable bonds is 18. The highest BCUT2D eigenvalue weighted by molar-refractivity contribution is 6.67. The molecular formula is C75H88Cl2N10O20. The van der Waals surface area contributed by atoms with Crippen LogP contribution >= 0.6 is 23.2 Å². The summed E-state index contributed by atoms with van der Waals surface area (Å²) in [6.07, 6.45) is 8.74. The molecule has 5 aromatic carbocycles. The van der Waals surface area contributed by atoms with Gasteiger partial charge in [-0.15, -0.1) is 0 Å². The number of methoxy groups -OCH3 is 4. The van der Waals surface area contributed by atoms with Crippen molar-refractivity contribution in [2.75, 3.05) is 101 Å². The van der Waals surface area contributed by atoms with Crippen molar-refractivity contribution in [1.29, 1.82) is 0 Å². The Kier molecular flexibility index (Phi) is 36.1. The molecule has 5 N–H and O–H groups in total. The quantitative estimate of drug-likeness (QED) is 0.0105. The van der Waals surface area contributed by atoms with E-state index < -0.39 is 15.1 Å². The smallest absolute Gasteiger partial charge is 0.308 e. The summed E-state index contributed by atoms with van der Waals surface area (Å²) in [6.45, 7) is 11.3. The first-order chi connectivity index (χ1) is 51.2. The van der Waals surface area contributed by atoms with E-state index in [0.29, 0.717) is 98.5 Å². The second kappa shape index (κ2) is 44.7. The van der Waals surface area contributed by atoms with Crippen LogP contribution in [-0.4, -0.2) is 161 Å². The molecule has 4 fully saturated rings. The average molecular weight is 1520 g/mol. The van der Waals surface area contributed by atoms with Gasteiger partial charge in [0, 0.05) is 104 Å². The second-order valence-corrected chi connectivity index (χ2v) is 25.5. The second-order valence-electron chi connectivity index (χ2n) is 24.8. The normalized spacial score (nSPS) is 14.5. The molecule has 4 saturated heterocycles. The number of ketones is 1. The summed E-state index contributed by atoms with van der Waals surface area (Å²) in [5.74, 6) is 0.268. The van der Waals surface area contributed by atoms with Crippen LogP contribution in [0.2, 0.25) is 5.02 Å². The van der Waals surface area contributed by atoms with Gasteiger partial charge in [0.05, 0.1) is 73.3 Å². The number of ether oxygens (including phenoxy) is 4. The van der Waals surface area contributed by atoms with Gasteiger partial charge in [-0.05, 0) is 169 Å². The van der Waals surface area contributed by atoms with Crippen molar-refractivity contribution in [3.05, 3.63) is 197 Å². The van der Waals surface area contributed by atoms with E-state index in [9.17, 15) is 68.2 Å². The maximum Gasteiger partial charge on any atom is 0.308 e. The monoisotopic (exact) mass is 1520 g/mol. The summed E-state index contributed by atoms with van der Waals surface area (Å²) in [4.78, 5) is 138. The molecular weight excluding hydrogens is 1430 g/mol. The van der Waals surface area contributed by atoms with Gasteiger partial charge in [-0.25, -0.2) is 0 Å². The van der Waals surface area contributed by atoms with Crippen LogP contribution < -0.4 is 31.5 Å². The topological polar surface area (TPSA) is 420 Å². The number of carbonyl (C=O) groups is 10. The fraction of sp³-hybridized carbons (Fsp3) is 0.387. The zero-order valence-electron chi connectivity index (χ0n) is 60.4. The molecule has 11 rings (SSSR count). The minimum absolute atomic E-state index is 0.0169. The molecule has 572 valence electrons. The molecule has 4 aliphatic rings. The van der Waals surface area contributed by atoms with E-state index in [4.69, 9.17) is 53.4 Å². The van der Waals surface area contributed by atoms with Gasteiger partial charge in [0.2, 0.25) is 0 Å². The largest absolute Gasteiger partial charge is 0.469 e. The van der Waals surface area contributed by atoms with Crippen LogP contribution in [0.15, 0.2) is 124 Å². The standard InChI is InChI=1S/C20H22N2O5.C14H16N2O5.C14H18N2O3.C8H11N.C7H4ClNO3.C7H13NO2.C5H4ClNO2/c1-13-9-17(21-27-13)19(24)11-16-10-14(12-23)3-4-18(16)22-7-5-15(6-8-22)20(25)26-2;1-21-14(18)11-4-6-15(7-5-11)12-3-2-10(9-17)8-13(12)16(19)20;1-19-14(18)11-4-6-16(7-5-11)13-3-2-10(9-17)8-12(13)15;1-7(9)8-5-3-2-4-6-8;8-6-2-1-5(4-10)3-7(6)9(11)12;1-10-7(9)6-2-4-8-5-3-6;1-3-2-4(5(6)8)7-9-3/h3-4,9-10,12,15H,5-8,11H2,1-2H3;2-3,8-9,11H,4-7H2,1H3;2-3,8-9,11H,4-7,15H2,1H3;2-7H,9H2,1H3;1-4H;6,8H,2-5H2,1H3;2H,1H3/t;;;7-;;;/m...1.../s1. The van der Waals surface area contributed by atoms with Crippen molar-refractivity contribution in [3.63, 3.8) is 0 Å². The number of nitrogens with zero attached hydrogens (tertiary/aromatic N) is 7. The summed E-state index contributed by atoms with van der Waals surface area (Å²) in [5.41, 5.74) is 18.1. The summed E-state index contributed by atoms with van der Waals surface area (Å²) < 4.78 is 28.5. The SMILES string of the molecule is COC(=O)C1CCN(c2ccc(C=O)cc2CC(=O)c2cc(C)on2)CC1.COC(=O)C1CCN(c2ccc(C=O)cc2N)CC1.COC(=O)C1CCN(c2ccc(C=O)cc2[N+](=O)[O-])CC1.COC(=O)C1CCNCC1.C[C@@H](N)c1ccccc1.Cc1cc(C(=O)Cl)no1.O=Cc1ccc(Cl)c([N+](=O)[O-])c1. The fourth-order valence-corrected chi connectivity index (χ4v) is 11.9. The number of nitrogen functional groups attached to an aromatic ring is 1. The Morgan fingerprint density at radius 1 is 0.542 bits per heavy atom. The van der Waals surface area contributed by atoms with Crippen LogP contribution in [0, 0.1) is 57.7 Å². The number of benzene rings is 5. The van der Waals surface area contributed by atoms with Crippen molar-refractivity contribution in [2.45, 2.75) is 84.6 Å². The Morgan fingerprint density at radius 3 is 1.29 bits per heavy atom. The van der Waals surface area contributed by atoms with Gasteiger partial charge in [0.25, 0.3) is 16.6 Å². The number of piperidine rings is 4. The van der Waals surface area contributed by atoms with Crippen molar-refractivity contribution < 1.29 is 85.8 Å². The number of nitrogens with two attached hydrogens (primary N) is 2. The zero-order chi connectivity index (χ0) is 78.7. The Hall–Kier alpha value is -11.1. The van der Waals surface area contributed by atoms with E-state index in [1.54, 1.807) is 56.3 Å². The van der Waals surface area contributed by atoms with Crippen LogP contribution in [0.3, 0.4) is 0 Å². The number of nitrogens with one attached hydrogen (secondary N) is 1. The van der Waals surface area contributed by atoms with Crippen molar-refractivity contribution in [2.24, 2.45) is 29.4 Å². The van der Waals surface area contributed by atoms with Crippen LogP contribution in [0.1, 0.15) is 149 Å². The molecule has 6 heterocycles. The molecule has 0 aliphatic carbocycles. The molecule has 0 amide bonds. The third-order valence-corrected chi connectivity index (χ3v) is 18.0. The number of hydrogen-bond acceptors (Lipinski definition) is 28.